The second-order valence-corrected chi connectivity index (χ2v) is 3.59. The van der Waals surface area contributed by atoms with E-state index in [4.69, 9.17) is 9.84 Å². The van der Waals surface area contributed by atoms with Gasteiger partial charge >= 0.3 is 0 Å². The van der Waals surface area contributed by atoms with E-state index in [1.807, 2.05) is 0 Å². The maximum absolute atomic E-state index is 12.7. The monoisotopic (exact) mass is 248 g/mol. The first kappa shape index (κ1) is 10.5. The number of rotatable bonds is 3. The quantitative estimate of drug-likeness (QED) is 0.890. The molecule has 1 atom stereocenters. The van der Waals surface area contributed by atoms with Crippen molar-refractivity contribution in [2.45, 2.75) is 13.0 Å². The summed E-state index contributed by atoms with van der Waals surface area (Å²) in [6, 6.07) is 4.17. The van der Waals surface area contributed by atoms with Crippen LogP contribution in [0.25, 0.3) is 0 Å². The molecule has 2 nitrogen and oxygen atoms in total. The number of aliphatic hydroxyl groups is 1. The molecule has 1 aromatic rings. The fourth-order valence-corrected chi connectivity index (χ4v) is 1.16. The summed E-state index contributed by atoms with van der Waals surface area (Å²) in [5, 5.41) is 8.94. The zero-order valence-corrected chi connectivity index (χ0v) is 8.71. The highest BCUT2D eigenvalue weighted by molar-refractivity contribution is 9.10. The maximum atomic E-state index is 12.7. The van der Waals surface area contributed by atoms with Crippen LogP contribution in [0, 0.1) is 5.82 Å². The van der Waals surface area contributed by atoms with Crippen LogP contribution in [-0.4, -0.2) is 17.8 Å². The van der Waals surface area contributed by atoms with Crippen molar-refractivity contribution in [3.05, 3.63) is 28.5 Å². The van der Waals surface area contributed by atoms with Gasteiger partial charge in [0.05, 0.1) is 10.6 Å². The Hall–Kier alpha value is -0.610. The van der Waals surface area contributed by atoms with Crippen LogP contribution in [0.15, 0.2) is 22.7 Å². The van der Waals surface area contributed by atoms with Gasteiger partial charge in [0.25, 0.3) is 0 Å². The molecule has 0 spiro atoms. The normalized spacial score (nSPS) is 12.6. The lowest BCUT2D eigenvalue weighted by molar-refractivity contribution is 0.122. The molecule has 0 saturated heterocycles. The zero-order valence-electron chi connectivity index (χ0n) is 7.13. The minimum atomic E-state index is -0.560. The summed E-state index contributed by atoms with van der Waals surface area (Å²) in [5.74, 6) is 0.0460. The molecule has 0 amide bonds. The van der Waals surface area contributed by atoms with Gasteiger partial charge in [0.2, 0.25) is 0 Å². The van der Waals surface area contributed by atoms with Crippen molar-refractivity contribution in [3.63, 3.8) is 0 Å². The number of benzene rings is 1. The Bertz CT molecular complexity index is 289. The Morgan fingerprint density at radius 2 is 2.31 bits per heavy atom. The molecule has 1 rings (SSSR count). The van der Waals surface area contributed by atoms with Gasteiger partial charge in [-0.2, -0.15) is 0 Å². The van der Waals surface area contributed by atoms with E-state index < -0.39 is 6.10 Å². The Kier molecular flexibility index (Phi) is 3.69. The van der Waals surface area contributed by atoms with Crippen LogP contribution in [0.4, 0.5) is 4.39 Å². The van der Waals surface area contributed by atoms with Gasteiger partial charge in [-0.15, -0.1) is 0 Å². The van der Waals surface area contributed by atoms with Crippen molar-refractivity contribution < 1.29 is 14.2 Å². The SMILES string of the molecule is CC(O)COc1cc(F)ccc1Br. The van der Waals surface area contributed by atoms with Crippen LogP contribution in [0.2, 0.25) is 0 Å². The summed E-state index contributed by atoms with van der Waals surface area (Å²) in [6.45, 7) is 1.76. The fourth-order valence-electron chi connectivity index (χ4n) is 0.798. The predicted molar refractivity (Wildman–Crippen MR) is 51.3 cm³/mol. The van der Waals surface area contributed by atoms with Gasteiger partial charge in [0.15, 0.2) is 0 Å². The van der Waals surface area contributed by atoms with Gasteiger partial charge in [-0.05, 0) is 35.0 Å². The van der Waals surface area contributed by atoms with Crippen LogP contribution >= 0.6 is 15.9 Å². The summed E-state index contributed by atoms with van der Waals surface area (Å²) < 4.78 is 18.5. The third-order valence-corrected chi connectivity index (χ3v) is 2.03. The van der Waals surface area contributed by atoms with Crippen LogP contribution in [0.3, 0.4) is 0 Å². The van der Waals surface area contributed by atoms with Crippen LogP contribution < -0.4 is 4.74 Å². The molecule has 1 aromatic carbocycles. The minimum Gasteiger partial charge on any atom is -0.490 e. The number of ether oxygens (including phenoxy) is 1. The number of hydrogen-bond donors (Lipinski definition) is 1. The third-order valence-electron chi connectivity index (χ3n) is 1.37. The molecule has 4 heteroatoms. The van der Waals surface area contributed by atoms with Gasteiger partial charge in [0, 0.05) is 6.07 Å². The molecular formula is C9H10BrFO2. The number of halogens is 2. The van der Waals surface area contributed by atoms with E-state index in [0.717, 1.165) is 0 Å². The van der Waals surface area contributed by atoms with E-state index in [-0.39, 0.29) is 12.4 Å². The van der Waals surface area contributed by atoms with Gasteiger partial charge < -0.3 is 9.84 Å². The Labute approximate surface area is 84.5 Å². The van der Waals surface area contributed by atoms with Crippen LogP contribution in [0.1, 0.15) is 6.92 Å². The predicted octanol–water partition coefficient (Wildman–Crippen LogP) is 2.35. The van der Waals surface area contributed by atoms with Crippen molar-refractivity contribution in [2.24, 2.45) is 0 Å². The zero-order chi connectivity index (χ0) is 9.84. The summed E-state index contributed by atoms with van der Waals surface area (Å²) >= 11 is 3.21. The summed E-state index contributed by atoms with van der Waals surface area (Å²) in [7, 11) is 0. The van der Waals surface area contributed by atoms with Crippen molar-refractivity contribution in [1.82, 2.24) is 0 Å². The minimum absolute atomic E-state index is 0.155. The second kappa shape index (κ2) is 4.58. The highest BCUT2D eigenvalue weighted by Gasteiger charge is 2.04. The van der Waals surface area contributed by atoms with Gasteiger partial charge in [-0.1, -0.05) is 0 Å². The summed E-state index contributed by atoms with van der Waals surface area (Å²) in [4.78, 5) is 0. The van der Waals surface area contributed by atoms with Gasteiger partial charge in [-0.3, -0.25) is 0 Å². The van der Waals surface area contributed by atoms with Crippen molar-refractivity contribution in [1.29, 1.82) is 0 Å². The molecule has 0 aliphatic rings. The smallest absolute Gasteiger partial charge is 0.136 e. The molecule has 1 N–H and O–H groups in total. The molecule has 0 radical (unpaired) electrons. The second-order valence-electron chi connectivity index (χ2n) is 2.73. The summed E-state index contributed by atoms with van der Waals surface area (Å²) in [6.07, 6.45) is -0.560. The van der Waals surface area contributed by atoms with Crippen molar-refractivity contribution in [3.8, 4) is 5.75 Å². The first-order valence-corrected chi connectivity index (χ1v) is 4.65. The molecule has 72 valence electrons. The maximum Gasteiger partial charge on any atom is 0.136 e. The lowest BCUT2D eigenvalue weighted by Gasteiger charge is -2.09. The average molecular weight is 249 g/mol. The lowest BCUT2D eigenvalue weighted by atomic mass is 10.3. The molecule has 0 fully saturated rings. The Balaban J connectivity index is 2.70. The number of aliphatic hydroxyl groups excluding tert-OH is 1. The topological polar surface area (TPSA) is 29.5 Å². The van der Waals surface area contributed by atoms with Crippen LogP contribution in [-0.2, 0) is 0 Å². The Morgan fingerprint density at radius 1 is 1.62 bits per heavy atom. The van der Waals surface area contributed by atoms with Gasteiger partial charge in [-0.25, -0.2) is 4.39 Å². The molecule has 1 unspecified atom stereocenters. The van der Waals surface area contributed by atoms with E-state index in [2.05, 4.69) is 15.9 Å². The average Bonchev–Trinajstić information content (AvgIpc) is 2.06. The van der Waals surface area contributed by atoms with E-state index >= 15 is 0 Å². The van der Waals surface area contributed by atoms with E-state index in [9.17, 15) is 4.39 Å². The third kappa shape index (κ3) is 3.32. The summed E-state index contributed by atoms with van der Waals surface area (Å²) in [5.41, 5.74) is 0. The highest BCUT2D eigenvalue weighted by Crippen LogP contribution is 2.25. The molecule has 0 aliphatic heterocycles. The van der Waals surface area contributed by atoms with E-state index in [0.29, 0.717) is 10.2 Å². The molecule has 0 saturated carbocycles. The first-order chi connectivity index (χ1) is 6.09. The standard InChI is InChI=1S/C9H10BrFO2/c1-6(12)5-13-9-4-7(11)2-3-8(9)10/h2-4,6,12H,5H2,1H3. The molecule has 0 bridgehead atoms. The lowest BCUT2D eigenvalue weighted by Crippen LogP contribution is -2.13. The fraction of sp³-hybridized carbons (Fsp3) is 0.333. The largest absolute Gasteiger partial charge is 0.490 e. The Morgan fingerprint density at radius 3 is 2.92 bits per heavy atom. The highest BCUT2D eigenvalue weighted by atomic mass is 79.9. The van der Waals surface area contributed by atoms with E-state index in [1.54, 1.807) is 13.0 Å². The van der Waals surface area contributed by atoms with Gasteiger partial charge in [0.1, 0.15) is 18.2 Å². The van der Waals surface area contributed by atoms with E-state index in [1.165, 1.54) is 12.1 Å². The molecular weight excluding hydrogens is 239 g/mol. The molecule has 13 heavy (non-hydrogen) atoms. The van der Waals surface area contributed by atoms with Crippen molar-refractivity contribution in [2.75, 3.05) is 6.61 Å². The van der Waals surface area contributed by atoms with Crippen molar-refractivity contribution >= 4 is 15.9 Å². The molecule has 0 aromatic heterocycles. The molecule has 0 heterocycles. The van der Waals surface area contributed by atoms with Crippen LogP contribution in [0.5, 0.6) is 5.75 Å². The first-order valence-electron chi connectivity index (χ1n) is 3.85. The number of hydrogen-bond acceptors (Lipinski definition) is 2. The molecule has 0 aliphatic carbocycles.